The third-order valence-corrected chi connectivity index (χ3v) is 3.41. The molecule has 0 fully saturated rings. The number of ether oxygens (including phenoxy) is 1. The van der Waals surface area contributed by atoms with Crippen LogP contribution < -0.4 is 4.74 Å². The first kappa shape index (κ1) is 9.74. The molecule has 0 saturated carbocycles. The van der Waals surface area contributed by atoms with Crippen LogP contribution in [-0.2, 0) is 5.88 Å². The fraction of sp³-hybridized carbons (Fsp3) is 0.200. The van der Waals surface area contributed by atoms with Crippen molar-refractivity contribution < 1.29 is 9.13 Å². The second-order valence-electron chi connectivity index (χ2n) is 2.84. The number of fused-ring (bicyclic) bond motifs is 1. The van der Waals surface area contributed by atoms with Crippen LogP contribution >= 0.6 is 22.9 Å². The van der Waals surface area contributed by atoms with Gasteiger partial charge in [0.15, 0.2) is 0 Å². The van der Waals surface area contributed by atoms with E-state index in [0.29, 0.717) is 5.56 Å². The third kappa shape index (κ3) is 1.37. The Labute approximate surface area is 90.1 Å². The van der Waals surface area contributed by atoms with Gasteiger partial charge in [-0.3, -0.25) is 0 Å². The topological polar surface area (TPSA) is 9.23 Å². The van der Waals surface area contributed by atoms with Gasteiger partial charge in [0.05, 0.1) is 13.0 Å². The highest BCUT2D eigenvalue weighted by Crippen LogP contribution is 2.35. The molecule has 0 aliphatic heterocycles. The lowest BCUT2D eigenvalue weighted by atomic mass is 10.1. The zero-order valence-corrected chi connectivity index (χ0v) is 9.08. The van der Waals surface area contributed by atoms with Crippen molar-refractivity contribution in [3.05, 3.63) is 28.9 Å². The van der Waals surface area contributed by atoms with Crippen molar-refractivity contribution >= 4 is 33.0 Å². The summed E-state index contributed by atoms with van der Waals surface area (Å²) in [7, 11) is 1.60. The van der Waals surface area contributed by atoms with Crippen molar-refractivity contribution in [2.75, 3.05) is 7.11 Å². The van der Waals surface area contributed by atoms with Gasteiger partial charge in [-0.2, -0.15) is 0 Å². The van der Waals surface area contributed by atoms with Crippen LogP contribution in [0.3, 0.4) is 0 Å². The van der Waals surface area contributed by atoms with Crippen LogP contribution in [0.25, 0.3) is 10.1 Å². The summed E-state index contributed by atoms with van der Waals surface area (Å²) in [5.74, 6) is 0.709. The van der Waals surface area contributed by atoms with Crippen molar-refractivity contribution in [3.8, 4) is 5.75 Å². The Kier molecular flexibility index (Phi) is 2.61. The fourth-order valence-electron chi connectivity index (χ4n) is 1.39. The second kappa shape index (κ2) is 3.75. The van der Waals surface area contributed by atoms with Gasteiger partial charge >= 0.3 is 0 Å². The van der Waals surface area contributed by atoms with E-state index in [1.54, 1.807) is 13.2 Å². The maximum absolute atomic E-state index is 13.3. The number of hydrogen-bond donors (Lipinski definition) is 0. The molecule has 0 amide bonds. The molecule has 0 bridgehead atoms. The highest BCUT2D eigenvalue weighted by atomic mass is 35.5. The first-order valence-electron chi connectivity index (χ1n) is 4.06. The van der Waals surface area contributed by atoms with Crippen LogP contribution in [0, 0.1) is 5.82 Å². The quantitative estimate of drug-likeness (QED) is 0.714. The summed E-state index contributed by atoms with van der Waals surface area (Å²) in [4.78, 5) is 0. The molecule has 4 heteroatoms. The number of methoxy groups -OCH3 is 1. The van der Waals surface area contributed by atoms with Gasteiger partial charge in [0.1, 0.15) is 11.6 Å². The smallest absolute Gasteiger partial charge is 0.137 e. The van der Waals surface area contributed by atoms with Crippen LogP contribution in [0.5, 0.6) is 5.75 Å². The molecule has 0 N–H and O–H groups in total. The Morgan fingerprint density at radius 1 is 1.50 bits per heavy atom. The summed E-state index contributed by atoms with van der Waals surface area (Å²) in [6.07, 6.45) is 0. The standard InChI is InChI=1S/C10H8ClFOS/c1-13-9-5-14-10-6(9)2-3-8(12)7(10)4-11/h2-3,5H,4H2,1H3. The normalized spacial score (nSPS) is 10.8. The monoisotopic (exact) mass is 230 g/mol. The van der Waals surface area contributed by atoms with Gasteiger partial charge < -0.3 is 4.74 Å². The SMILES string of the molecule is COc1csc2c(CCl)c(F)ccc12. The Bertz CT molecular complexity index is 466. The zero-order valence-electron chi connectivity index (χ0n) is 7.51. The number of halogens is 2. The first-order valence-corrected chi connectivity index (χ1v) is 5.48. The molecule has 74 valence electrons. The Hall–Kier alpha value is -0.800. The molecule has 0 atom stereocenters. The lowest BCUT2D eigenvalue weighted by Crippen LogP contribution is -1.86. The summed E-state index contributed by atoms with van der Waals surface area (Å²) >= 11 is 7.14. The highest BCUT2D eigenvalue weighted by Gasteiger charge is 2.11. The summed E-state index contributed by atoms with van der Waals surface area (Å²) < 4.78 is 19.3. The van der Waals surface area contributed by atoms with Gasteiger partial charge in [-0.25, -0.2) is 4.39 Å². The molecule has 0 unspecified atom stereocenters. The van der Waals surface area contributed by atoms with E-state index in [9.17, 15) is 4.39 Å². The molecule has 0 aliphatic rings. The molecule has 0 spiro atoms. The number of benzene rings is 1. The number of thiophene rings is 1. The van der Waals surface area contributed by atoms with Gasteiger partial charge in [0, 0.05) is 21.0 Å². The molecule has 0 aliphatic carbocycles. The molecule has 0 saturated heterocycles. The van der Waals surface area contributed by atoms with E-state index < -0.39 is 0 Å². The van der Waals surface area contributed by atoms with Crippen molar-refractivity contribution in [3.63, 3.8) is 0 Å². The molecule has 1 nitrogen and oxygen atoms in total. The molecule has 1 aromatic heterocycles. The van der Waals surface area contributed by atoms with Crippen LogP contribution in [-0.4, -0.2) is 7.11 Å². The van der Waals surface area contributed by atoms with Crippen LogP contribution in [0.15, 0.2) is 17.5 Å². The van der Waals surface area contributed by atoms with Crippen LogP contribution in [0.2, 0.25) is 0 Å². The number of rotatable bonds is 2. The lowest BCUT2D eigenvalue weighted by molar-refractivity contribution is 0.421. The van der Waals surface area contributed by atoms with Crippen molar-refractivity contribution in [1.82, 2.24) is 0 Å². The van der Waals surface area contributed by atoms with Gasteiger partial charge in [0.2, 0.25) is 0 Å². The molecule has 2 aromatic rings. The van der Waals surface area contributed by atoms with Gasteiger partial charge in [-0.15, -0.1) is 22.9 Å². The van der Waals surface area contributed by atoms with E-state index in [1.165, 1.54) is 17.4 Å². The van der Waals surface area contributed by atoms with E-state index in [1.807, 2.05) is 5.38 Å². The predicted molar refractivity (Wildman–Crippen MR) is 57.9 cm³/mol. The van der Waals surface area contributed by atoms with E-state index in [4.69, 9.17) is 16.3 Å². The lowest BCUT2D eigenvalue weighted by Gasteiger charge is -2.01. The maximum Gasteiger partial charge on any atom is 0.137 e. The first-order chi connectivity index (χ1) is 6.77. The van der Waals surface area contributed by atoms with Crippen molar-refractivity contribution in [2.45, 2.75) is 5.88 Å². The summed E-state index contributed by atoms with van der Waals surface area (Å²) in [5, 5.41) is 2.79. The zero-order chi connectivity index (χ0) is 10.1. The van der Waals surface area contributed by atoms with Gasteiger partial charge in [-0.1, -0.05) is 0 Å². The minimum absolute atomic E-state index is 0.187. The summed E-state index contributed by atoms with van der Waals surface area (Å²) in [6, 6.07) is 3.14. The van der Waals surface area contributed by atoms with Crippen LogP contribution in [0.1, 0.15) is 5.56 Å². The van der Waals surface area contributed by atoms with E-state index in [-0.39, 0.29) is 11.7 Å². The molecule has 0 radical (unpaired) electrons. The Morgan fingerprint density at radius 2 is 2.29 bits per heavy atom. The minimum Gasteiger partial charge on any atom is -0.495 e. The number of alkyl halides is 1. The molecular weight excluding hydrogens is 223 g/mol. The average molecular weight is 231 g/mol. The molecule has 14 heavy (non-hydrogen) atoms. The molecule has 1 heterocycles. The molecule has 1 aromatic carbocycles. The maximum atomic E-state index is 13.3. The largest absolute Gasteiger partial charge is 0.495 e. The van der Waals surface area contributed by atoms with Gasteiger partial charge in [-0.05, 0) is 12.1 Å². The fourth-order valence-corrected chi connectivity index (χ4v) is 2.79. The van der Waals surface area contributed by atoms with Crippen molar-refractivity contribution in [2.24, 2.45) is 0 Å². The summed E-state index contributed by atoms with van der Waals surface area (Å²) in [6.45, 7) is 0. The van der Waals surface area contributed by atoms with Gasteiger partial charge in [0.25, 0.3) is 0 Å². The molecule has 2 rings (SSSR count). The van der Waals surface area contributed by atoms with E-state index >= 15 is 0 Å². The van der Waals surface area contributed by atoms with Crippen molar-refractivity contribution in [1.29, 1.82) is 0 Å². The predicted octanol–water partition coefficient (Wildman–Crippen LogP) is 3.79. The van der Waals surface area contributed by atoms with E-state index in [2.05, 4.69) is 0 Å². The molecular formula is C10H8ClFOS. The Balaban J connectivity index is 2.76. The van der Waals surface area contributed by atoms with E-state index in [0.717, 1.165) is 15.8 Å². The van der Waals surface area contributed by atoms with Crippen LogP contribution in [0.4, 0.5) is 4.39 Å². The third-order valence-electron chi connectivity index (χ3n) is 2.11. The number of hydrogen-bond acceptors (Lipinski definition) is 2. The second-order valence-corrected chi connectivity index (χ2v) is 3.99. The minimum atomic E-state index is -0.253. The average Bonchev–Trinajstić information content (AvgIpc) is 2.60. The summed E-state index contributed by atoms with van der Waals surface area (Å²) in [5.41, 5.74) is 0.553. The Morgan fingerprint density at radius 3 is 2.93 bits per heavy atom. The highest BCUT2D eigenvalue weighted by molar-refractivity contribution is 7.17.